The van der Waals surface area contributed by atoms with Gasteiger partial charge in [-0.3, -0.25) is 10.1 Å². The first kappa shape index (κ1) is 18.3. The van der Waals surface area contributed by atoms with Crippen LogP contribution in [0.1, 0.15) is 51.9 Å². The van der Waals surface area contributed by atoms with Crippen LogP contribution in [0.2, 0.25) is 0 Å². The molecule has 130 valence electrons. The number of carboxylic acid groups (broad SMARTS) is 1. The molecule has 0 saturated heterocycles. The molecule has 2 N–H and O–H groups in total. The lowest BCUT2D eigenvalue weighted by Gasteiger charge is -2.18. The highest BCUT2D eigenvalue weighted by Gasteiger charge is 2.16. The minimum atomic E-state index is -0.818. The van der Waals surface area contributed by atoms with Crippen LogP contribution in [-0.4, -0.2) is 17.1 Å². The summed E-state index contributed by atoms with van der Waals surface area (Å²) >= 11 is 0. The maximum Gasteiger partial charge on any atom is 0.320 e. The zero-order valence-electron chi connectivity index (χ0n) is 14.9. The van der Waals surface area contributed by atoms with Crippen LogP contribution in [0, 0.1) is 0 Å². The second-order valence-electron chi connectivity index (χ2n) is 7.15. The van der Waals surface area contributed by atoms with Crippen molar-refractivity contribution in [3.63, 3.8) is 0 Å². The van der Waals surface area contributed by atoms with Crippen molar-refractivity contribution in [2.75, 3.05) is 0 Å². The minimum Gasteiger partial charge on any atom is -0.480 e. The number of furan rings is 1. The van der Waals surface area contributed by atoms with Crippen molar-refractivity contribution in [2.45, 2.75) is 58.5 Å². The Bertz CT molecular complexity index is 665. The van der Waals surface area contributed by atoms with E-state index in [9.17, 15) is 4.79 Å². The van der Waals surface area contributed by atoms with Gasteiger partial charge in [0.05, 0.1) is 6.54 Å². The summed E-state index contributed by atoms with van der Waals surface area (Å²) < 4.78 is 5.85. The Hall–Kier alpha value is -2.07. The third-order valence-electron chi connectivity index (χ3n) is 4.10. The van der Waals surface area contributed by atoms with E-state index in [4.69, 9.17) is 9.52 Å². The molecule has 0 bridgehead atoms. The van der Waals surface area contributed by atoms with Gasteiger partial charge in [-0.25, -0.2) is 0 Å². The van der Waals surface area contributed by atoms with Crippen LogP contribution in [-0.2, 0) is 16.8 Å². The normalized spacial score (nSPS) is 13.0. The third-order valence-corrected chi connectivity index (χ3v) is 4.10. The first-order chi connectivity index (χ1) is 11.3. The molecule has 0 saturated carbocycles. The molecule has 1 heterocycles. The maximum atomic E-state index is 11.2. The molecule has 2 aromatic rings. The van der Waals surface area contributed by atoms with Gasteiger partial charge < -0.3 is 9.52 Å². The highest BCUT2D eigenvalue weighted by molar-refractivity contribution is 5.73. The summed E-state index contributed by atoms with van der Waals surface area (Å²) in [6, 6.07) is 11.7. The summed E-state index contributed by atoms with van der Waals surface area (Å²) in [5.74, 6) is 0.725. The van der Waals surface area contributed by atoms with E-state index in [0.717, 1.165) is 23.5 Å². The molecule has 0 spiro atoms. The Morgan fingerprint density at radius 2 is 1.83 bits per heavy atom. The lowest BCUT2D eigenvalue weighted by molar-refractivity contribution is -0.139. The van der Waals surface area contributed by atoms with Crippen molar-refractivity contribution in [2.24, 2.45) is 0 Å². The van der Waals surface area contributed by atoms with Gasteiger partial charge in [0, 0.05) is 5.56 Å². The number of hydrogen-bond acceptors (Lipinski definition) is 3. The molecule has 1 aromatic heterocycles. The first-order valence-corrected chi connectivity index (χ1v) is 8.47. The summed E-state index contributed by atoms with van der Waals surface area (Å²) in [6.45, 7) is 8.95. The highest BCUT2D eigenvalue weighted by Crippen LogP contribution is 2.27. The van der Waals surface area contributed by atoms with Gasteiger partial charge in [-0.1, -0.05) is 58.4 Å². The zero-order chi connectivity index (χ0) is 17.7. The molecular formula is C20H27NO3. The smallest absolute Gasteiger partial charge is 0.320 e. The summed E-state index contributed by atoms with van der Waals surface area (Å²) in [7, 11) is 0. The SMILES string of the molecule is CCCC(NCc1ccc(-c2ccc(C(C)(C)C)cc2)o1)C(=O)O. The van der Waals surface area contributed by atoms with Crippen molar-refractivity contribution in [1.29, 1.82) is 0 Å². The Balaban J connectivity index is 2.04. The average molecular weight is 329 g/mol. The lowest BCUT2D eigenvalue weighted by atomic mass is 9.86. The Morgan fingerprint density at radius 3 is 2.38 bits per heavy atom. The van der Waals surface area contributed by atoms with E-state index >= 15 is 0 Å². The zero-order valence-corrected chi connectivity index (χ0v) is 14.9. The molecule has 0 fully saturated rings. The Labute approximate surface area is 143 Å². The largest absolute Gasteiger partial charge is 0.480 e. The summed E-state index contributed by atoms with van der Waals surface area (Å²) in [4.78, 5) is 11.2. The standard InChI is InChI=1S/C20H27NO3/c1-5-6-17(19(22)23)21-13-16-11-12-18(24-16)14-7-9-15(10-8-14)20(2,3)4/h7-12,17,21H,5-6,13H2,1-4H3,(H,22,23). The number of carbonyl (C=O) groups is 1. The van der Waals surface area contributed by atoms with Crippen molar-refractivity contribution in [3.8, 4) is 11.3 Å². The molecule has 1 aromatic carbocycles. The van der Waals surface area contributed by atoms with E-state index in [2.05, 4.69) is 50.4 Å². The summed E-state index contributed by atoms with van der Waals surface area (Å²) in [6.07, 6.45) is 1.44. The fourth-order valence-corrected chi connectivity index (χ4v) is 2.59. The second-order valence-corrected chi connectivity index (χ2v) is 7.15. The number of carboxylic acids is 1. The molecular weight excluding hydrogens is 302 g/mol. The first-order valence-electron chi connectivity index (χ1n) is 8.47. The fourth-order valence-electron chi connectivity index (χ4n) is 2.59. The molecule has 4 nitrogen and oxygen atoms in total. The highest BCUT2D eigenvalue weighted by atomic mass is 16.4. The van der Waals surface area contributed by atoms with E-state index in [1.54, 1.807) is 0 Å². The topological polar surface area (TPSA) is 62.5 Å². The van der Waals surface area contributed by atoms with Crippen LogP contribution in [0.15, 0.2) is 40.8 Å². The molecule has 0 amide bonds. The quantitative estimate of drug-likeness (QED) is 0.780. The molecule has 0 aliphatic rings. The van der Waals surface area contributed by atoms with E-state index < -0.39 is 12.0 Å². The van der Waals surface area contributed by atoms with Crippen LogP contribution < -0.4 is 5.32 Å². The van der Waals surface area contributed by atoms with Crippen molar-refractivity contribution in [3.05, 3.63) is 47.7 Å². The van der Waals surface area contributed by atoms with Gasteiger partial charge in [-0.15, -0.1) is 0 Å². The van der Waals surface area contributed by atoms with Crippen molar-refractivity contribution < 1.29 is 14.3 Å². The number of benzene rings is 1. The number of hydrogen-bond donors (Lipinski definition) is 2. The summed E-state index contributed by atoms with van der Waals surface area (Å²) in [5.41, 5.74) is 2.43. The third kappa shape index (κ3) is 4.71. The molecule has 1 atom stereocenters. The predicted molar refractivity (Wildman–Crippen MR) is 96.0 cm³/mol. The molecule has 4 heteroatoms. The Morgan fingerprint density at radius 1 is 1.17 bits per heavy atom. The number of aliphatic carboxylic acids is 1. The van der Waals surface area contributed by atoms with Crippen molar-refractivity contribution in [1.82, 2.24) is 5.32 Å². The van der Waals surface area contributed by atoms with E-state index in [-0.39, 0.29) is 5.41 Å². The van der Waals surface area contributed by atoms with E-state index in [1.807, 2.05) is 19.1 Å². The average Bonchev–Trinajstić information content (AvgIpc) is 2.99. The molecule has 2 rings (SSSR count). The molecule has 1 unspecified atom stereocenters. The van der Waals surface area contributed by atoms with Gasteiger partial charge in [0.25, 0.3) is 0 Å². The van der Waals surface area contributed by atoms with Crippen LogP contribution >= 0.6 is 0 Å². The van der Waals surface area contributed by atoms with Crippen LogP contribution in [0.25, 0.3) is 11.3 Å². The second kappa shape index (κ2) is 7.67. The minimum absolute atomic E-state index is 0.127. The van der Waals surface area contributed by atoms with Gasteiger partial charge in [0.15, 0.2) is 0 Å². The lowest BCUT2D eigenvalue weighted by Crippen LogP contribution is -2.35. The van der Waals surface area contributed by atoms with Gasteiger partial charge >= 0.3 is 5.97 Å². The van der Waals surface area contributed by atoms with Crippen molar-refractivity contribution >= 4 is 5.97 Å². The number of nitrogens with one attached hydrogen (secondary N) is 1. The van der Waals surface area contributed by atoms with E-state index in [1.165, 1.54) is 5.56 Å². The van der Waals surface area contributed by atoms with E-state index in [0.29, 0.717) is 13.0 Å². The van der Waals surface area contributed by atoms with Crippen LogP contribution in [0.3, 0.4) is 0 Å². The molecule has 0 radical (unpaired) electrons. The van der Waals surface area contributed by atoms with Gasteiger partial charge in [-0.05, 0) is 29.5 Å². The summed E-state index contributed by atoms with van der Waals surface area (Å²) in [5, 5.41) is 12.2. The molecule has 24 heavy (non-hydrogen) atoms. The molecule has 0 aliphatic carbocycles. The van der Waals surface area contributed by atoms with Gasteiger partial charge in [0.2, 0.25) is 0 Å². The molecule has 0 aliphatic heterocycles. The maximum absolute atomic E-state index is 11.2. The number of rotatable bonds is 7. The van der Waals surface area contributed by atoms with Crippen LogP contribution in [0.4, 0.5) is 0 Å². The van der Waals surface area contributed by atoms with Gasteiger partial charge in [0.1, 0.15) is 17.6 Å². The Kier molecular flexibility index (Phi) is 5.84. The van der Waals surface area contributed by atoms with Crippen LogP contribution in [0.5, 0.6) is 0 Å². The van der Waals surface area contributed by atoms with Gasteiger partial charge in [-0.2, -0.15) is 0 Å². The monoisotopic (exact) mass is 329 g/mol. The fraction of sp³-hybridized carbons (Fsp3) is 0.450. The predicted octanol–water partition coefficient (Wildman–Crippen LogP) is 4.59.